The Bertz CT molecular complexity index is 288. The second-order valence-electron chi connectivity index (χ2n) is 5.75. The molecule has 0 aromatic heterocycles. The largest absolute Gasteiger partial charge is 0.412 e. The highest BCUT2D eigenvalue weighted by molar-refractivity contribution is 7.79. The van der Waals surface area contributed by atoms with E-state index >= 15 is 0 Å². The van der Waals surface area contributed by atoms with Gasteiger partial charge in [0.15, 0.2) is 0 Å². The van der Waals surface area contributed by atoms with E-state index in [4.69, 9.17) is 17.5 Å². The van der Waals surface area contributed by atoms with Crippen LogP contribution in [0.25, 0.3) is 0 Å². The Hall–Kier alpha value is 0.260. The average molecular weight is 360 g/mol. The Balaban J connectivity index is -0.000000520. The summed E-state index contributed by atoms with van der Waals surface area (Å²) in [6.07, 6.45) is 17.2. The van der Waals surface area contributed by atoms with Crippen LogP contribution in [0.15, 0.2) is 0 Å². The molecular formula is C15H37O5PS. The summed E-state index contributed by atoms with van der Waals surface area (Å²) < 4.78 is 31.6. The first kappa shape index (κ1) is 27.1. The minimum atomic E-state index is -4.67. The molecule has 0 saturated heterocycles. The van der Waals surface area contributed by atoms with E-state index in [0.717, 1.165) is 5.92 Å². The lowest BCUT2D eigenvalue weighted by molar-refractivity contribution is 0.381. The minimum Gasteiger partial charge on any atom is -0.412 e. The first-order valence-electron chi connectivity index (χ1n) is 8.21. The molecule has 0 saturated carbocycles. The predicted octanol–water partition coefficient (Wildman–Crippen LogP) is 4.33. The van der Waals surface area contributed by atoms with Crippen LogP contribution in [0.5, 0.6) is 0 Å². The summed E-state index contributed by atoms with van der Waals surface area (Å²) in [5, 5.41) is 0. The Morgan fingerprint density at radius 1 is 0.864 bits per heavy atom. The fourth-order valence-electron chi connectivity index (χ4n) is 2.22. The summed E-state index contributed by atoms with van der Waals surface area (Å²) in [5.74, 6) is 0.970. The van der Waals surface area contributed by atoms with Crippen LogP contribution in [-0.2, 0) is 10.4 Å². The van der Waals surface area contributed by atoms with Gasteiger partial charge in [-0.2, -0.15) is 8.42 Å². The monoisotopic (exact) mass is 360 g/mol. The van der Waals surface area contributed by atoms with Gasteiger partial charge in [-0.1, -0.05) is 78.1 Å². The Morgan fingerprint density at radius 2 is 1.23 bits per heavy atom. The molecule has 0 fully saturated rings. The molecule has 0 aliphatic heterocycles. The molecule has 0 aromatic rings. The van der Waals surface area contributed by atoms with E-state index in [0.29, 0.717) is 0 Å². The van der Waals surface area contributed by atoms with Crippen LogP contribution in [0, 0.1) is 5.92 Å². The van der Waals surface area contributed by atoms with E-state index in [-0.39, 0.29) is 5.48 Å². The molecule has 0 aliphatic rings. The molecule has 138 valence electrons. The molecule has 0 radical (unpaired) electrons. The summed E-state index contributed by atoms with van der Waals surface area (Å²) in [6, 6.07) is 0. The molecule has 0 heterocycles. The van der Waals surface area contributed by atoms with E-state index in [1.54, 1.807) is 0 Å². The Morgan fingerprint density at radius 3 is 1.64 bits per heavy atom. The van der Waals surface area contributed by atoms with Gasteiger partial charge in [0.2, 0.25) is 0 Å². The molecule has 0 rings (SSSR count). The molecule has 0 spiro atoms. The van der Waals surface area contributed by atoms with Gasteiger partial charge in [0.05, 0.1) is 0 Å². The van der Waals surface area contributed by atoms with Crippen molar-refractivity contribution in [2.45, 2.75) is 84.5 Å². The highest BCUT2D eigenvalue weighted by atomic mass is 32.3. The SMILES string of the molecule is CCCCC(C)CCCCCCCCCP.O.O=S(=O)(O)O. The number of unbranched alkanes of at least 4 members (excludes halogenated alkanes) is 7. The van der Waals surface area contributed by atoms with Crippen molar-refractivity contribution >= 4 is 19.6 Å². The molecule has 0 aliphatic carbocycles. The van der Waals surface area contributed by atoms with E-state index in [1.807, 2.05) is 0 Å². The molecular weight excluding hydrogens is 323 g/mol. The fraction of sp³-hybridized carbons (Fsp3) is 1.00. The summed E-state index contributed by atoms with van der Waals surface area (Å²) in [4.78, 5) is 0. The zero-order valence-corrected chi connectivity index (χ0v) is 16.2. The van der Waals surface area contributed by atoms with Crippen molar-refractivity contribution in [1.82, 2.24) is 0 Å². The maximum atomic E-state index is 8.74. The predicted molar refractivity (Wildman–Crippen MR) is 98.0 cm³/mol. The fourth-order valence-corrected chi connectivity index (χ4v) is 2.51. The lowest BCUT2D eigenvalue weighted by Gasteiger charge is -2.09. The van der Waals surface area contributed by atoms with Crippen molar-refractivity contribution in [3.63, 3.8) is 0 Å². The van der Waals surface area contributed by atoms with E-state index in [2.05, 4.69) is 23.1 Å². The number of hydrogen-bond acceptors (Lipinski definition) is 2. The Kier molecular flexibility index (Phi) is 23.8. The van der Waals surface area contributed by atoms with Crippen molar-refractivity contribution in [3.05, 3.63) is 0 Å². The summed E-state index contributed by atoms with van der Waals surface area (Å²) in [5.41, 5.74) is 0. The molecule has 2 unspecified atom stereocenters. The molecule has 4 N–H and O–H groups in total. The maximum Gasteiger partial charge on any atom is 0.394 e. The van der Waals surface area contributed by atoms with Crippen molar-refractivity contribution < 1.29 is 23.0 Å². The van der Waals surface area contributed by atoms with Gasteiger partial charge in [0.25, 0.3) is 0 Å². The van der Waals surface area contributed by atoms with Gasteiger partial charge in [-0.25, -0.2) is 0 Å². The standard InChI is InChI=1S/C15H33P.H2O4S.H2O/c1-3-4-12-15(2)13-10-8-6-5-7-9-11-14-16;1-5(2,3)4;/h15H,3-14,16H2,1-2H3;(H2,1,2,3,4);1H2. The van der Waals surface area contributed by atoms with Crippen molar-refractivity contribution in [2.75, 3.05) is 6.16 Å². The molecule has 0 amide bonds. The Labute approximate surface area is 139 Å². The molecule has 22 heavy (non-hydrogen) atoms. The van der Waals surface area contributed by atoms with Crippen LogP contribution >= 0.6 is 9.24 Å². The lowest BCUT2D eigenvalue weighted by atomic mass is 9.97. The van der Waals surface area contributed by atoms with Gasteiger partial charge in [-0.15, -0.1) is 9.24 Å². The molecule has 7 heteroatoms. The first-order chi connectivity index (χ1) is 9.81. The van der Waals surface area contributed by atoms with Gasteiger partial charge < -0.3 is 5.48 Å². The highest BCUT2D eigenvalue weighted by Crippen LogP contribution is 2.17. The van der Waals surface area contributed by atoms with Gasteiger partial charge in [-0.3, -0.25) is 9.11 Å². The zero-order valence-electron chi connectivity index (χ0n) is 14.3. The first-order valence-corrected chi connectivity index (χ1v) is 10.4. The van der Waals surface area contributed by atoms with Crippen molar-refractivity contribution in [3.8, 4) is 0 Å². The normalized spacial score (nSPS) is 12.0. The third-order valence-electron chi connectivity index (χ3n) is 3.45. The maximum absolute atomic E-state index is 8.74. The van der Waals surface area contributed by atoms with E-state index in [9.17, 15) is 0 Å². The van der Waals surface area contributed by atoms with Crippen LogP contribution in [0.3, 0.4) is 0 Å². The third-order valence-corrected chi connectivity index (χ3v) is 3.86. The van der Waals surface area contributed by atoms with Crippen molar-refractivity contribution in [1.29, 1.82) is 0 Å². The second kappa shape index (κ2) is 19.3. The number of hydrogen-bond donors (Lipinski definition) is 2. The minimum absolute atomic E-state index is 0. The van der Waals surface area contributed by atoms with Gasteiger partial charge in [0.1, 0.15) is 0 Å². The van der Waals surface area contributed by atoms with Crippen LogP contribution < -0.4 is 0 Å². The van der Waals surface area contributed by atoms with Crippen LogP contribution in [0.1, 0.15) is 84.5 Å². The summed E-state index contributed by atoms with van der Waals surface area (Å²) in [7, 11) is -1.85. The quantitative estimate of drug-likeness (QED) is 0.307. The van der Waals surface area contributed by atoms with Crippen LogP contribution in [0.2, 0.25) is 0 Å². The van der Waals surface area contributed by atoms with Crippen LogP contribution in [-0.4, -0.2) is 29.2 Å². The molecule has 5 nitrogen and oxygen atoms in total. The van der Waals surface area contributed by atoms with Crippen LogP contribution in [0.4, 0.5) is 0 Å². The second-order valence-corrected chi connectivity index (χ2v) is 7.22. The van der Waals surface area contributed by atoms with E-state index < -0.39 is 10.4 Å². The number of rotatable bonds is 12. The summed E-state index contributed by atoms with van der Waals surface area (Å²) in [6.45, 7) is 4.72. The molecule has 0 aromatic carbocycles. The van der Waals surface area contributed by atoms with Gasteiger partial charge in [0, 0.05) is 0 Å². The van der Waals surface area contributed by atoms with Gasteiger partial charge in [-0.05, 0) is 18.5 Å². The average Bonchev–Trinajstić information content (AvgIpc) is 2.37. The highest BCUT2D eigenvalue weighted by Gasteiger charge is 2.00. The molecule has 2 atom stereocenters. The zero-order chi connectivity index (χ0) is 16.6. The topological polar surface area (TPSA) is 106 Å². The molecule has 0 bridgehead atoms. The van der Waals surface area contributed by atoms with E-state index in [1.165, 1.54) is 76.8 Å². The summed E-state index contributed by atoms with van der Waals surface area (Å²) >= 11 is 0. The lowest BCUT2D eigenvalue weighted by Crippen LogP contribution is -1.94. The van der Waals surface area contributed by atoms with Crippen molar-refractivity contribution in [2.24, 2.45) is 5.92 Å². The smallest absolute Gasteiger partial charge is 0.394 e. The van der Waals surface area contributed by atoms with Gasteiger partial charge >= 0.3 is 10.4 Å². The third kappa shape index (κ3) is 37.0.